The first-order chi connectivity index (χ1) is 9.58. The fourth-order valence-corrected chi connectivity index (χ4v) is 4.52. The zero-order chi connectivity index (χ0) is 14.2. The zero-order valence-corrected chi connectivity index (χ0v) is 12.8. The fraction of sp³-hybridized carbons (Fsp3) is 0.667. The number of hydrogen-bond acceptors (Lipinski definition) is 2. The van der Waals surface area contributed by atoms with Gasteiger partial charge in [0, 0.05) is 13.1 Å². The minimum absolute atomic E-state index is 0.0752. The van der Waals surface area contributed by atoms with Crippen LogP contribution in [-0.2, 0) is 6.54 Å². The molecule has 1 aliphatic carbocycles. The molecule has 0 bridgehead atoms. The number of likely N-dealkylation sites (tertiary alicyclic amines) is 1. The van der Waals surface area contributed by atoms with Crippen LogP contribution in [-0.4, -0.2) is 29.2 Å². The first-order valence-corrected chi connectivity index (χ1v) is 8.03. The Kier molecular flexibility index (Phi) is 3.87. The van der Waals surface area contributed by atoms with Gasteiger partial charge in [0.2, 0.25) is 0 Å². The van der Waals surface area contributed by atoms with Crippen LogP contribution in [0.3, 0.4) is 0 Å². The first-order valence-electron chi connectivity index (χ1n) is 8.03. The molecule has 1 N–H and O–H groups in total. The summed E-state index contributed by atoms with van der Waals surface area (Å²) in [5.41, 5.74) is 1.81. The van der Waals surface area contributed by atoms with Crippen LogP contribution in [0.2, 0.25) is 0 Å². The number of nitrogens with zero attached hydrogens (tertiary/aromatic N) is 1. The number of rotatable bonds is 2. The van der Waals surface area contributed by atoms with E-state index >= 15 is 0 Å². The fourth-order valence-electron chi connectivity index (χ4n) is 4.52. The molecule has 2 nitrogen and oxygen atoms in total. The van der Waals surface area contributed by atoms with Gasteiger partial charge in [0.05, 0.1) is 6.10 Å². The maximum atomic E-state index is 10.1. The Labute approximate surface area is 122 Å². The van der Waals surface area contributed by atoms with Crippen LogP contribution in [0.15, 0.2) is 30.3 Å². The Morgan fingerprint density at radius 1 is 1.25 bits per heavy atom. The number of benzene rings is 1. The van der Waals surface area contributed by atoms with E-state index in [2.05, 4.69) is 49.1 Å². The first kappa shape index (κ1) is 14.1. The van der Waals surface area contributed by atoms with E-state index in [-0.39, 0.29) is 6.10 Å². The van der Waals surface area contributed by atoms with Crippen LogP contribution in [0, 0.1) is 17.3 Å². The number of aliphatic hydroxyl groups is 1. The van der Waals surface area contributed by atoms with Crippen LogP contribution >= 0.6 is 0 Å². The lowest BCUT2D eigenvalue weighted by Crippen LogP contribution is -2.53. The van der Waals surface area contributed by atoms with Crippen molar-refractivity contribution in [1.29, 1.82) is 0 Å². The molecule has 2 fully saturated rings. The standard InChI is InChI=1S/C18H27NO/c1-14-16-9-11-19(12-15-6-4-3-5-7-15)13-18(16,2)10-8-17(14)20/h3-7,14,16-17,20H,8-13H2,1-2H3/t14-,16-,17-,18-/m0/s1. The Morgan fingerprint density at radius 3 is 2.75 bits per heavy atom. The number of piperidine rings is 1. The smallest absolute Gasteiger partial charge is 0.0568 e. The van der Waals surface area contributed by atoms with E-state index in [1.807, 2.05) is 0 Å². The van der Waals surface area contributed by atoms with E-state index in [4.69, 9.17) is 0 Å². The monoisotopic (exact) mass is 273 g/mol. The minimum atomic E-state index is -0.0752. The zero-order valence-electron chi connectivity index (χ0n) is 12.8. The molecule has 110 valence electrons. The lowest BCUT2D eigenvalue weighted by atomic mass is 9.59. The summed E-state index contributed by atoms with van der Waals surface area (Å²) in [5.74, 6) is 1.16. The molecular formula is C18H27NO. The number of hydrogen-bond donors (Lipinski definition) is 1. The van der Waals surface area contributed by atoms with Gasteiger partial charge < -0.3 is 5.11 Å². The van der Waals surface area contributed by atoms with Crippen molar-refractivity contribution in [3.05, 3.63) is 35.9 Å². The summed E-state index contributed by atoms with van der Waals surface area (Å²) in [5, 5.41) is 10.1. The summed E-state index contributed by atoms with van der Waals surface area (Å²) >= 11 is 0. The molecule has 1 saturated carbocycles. The molecular weight excluding hydrogens is 246 g/mol. The van der Waals surface area contributed by atoms with Gasteiger partial charge in [0.15, 0.2) is 0 Å². The van der Waals surface area contributed by atoms with Crippen molar-refractivity contribution in [3.63, 3.8) is 0 Å². The average molecular weight is 273 g/mol. The number of fused-ring (bicyclic) bond motifs is 1. The second kappa shape index (κ2) is 5.50. The molecule has 1 aromatic carbocycles. The van der Waals surface area contributed by atoms with E-state index in [0.717, 1.165) is 13.0 Å². The summed E-state index contributed by atoms with van der Waals surface area (Å²) in [7, 11) is 0. The average Bonchev–Trinajstić information content (AvgIpc) is 2.44. The molecule has 0 spiro atoms. The summed E-state index contributed by atoms with van der Waals surface area (Å²) in [4.78, 5) is 2.61. The second-order valence-corrected chi connectivity index (χ2v) is 7.21. The van der Waals surface area contributed by atoms with Crippen LogP contribution in [0.1, 0.15) is 38.7 Å². The molecule has 1 aliphatic heterocycles. The Hall–Kier alpha value is -0.860. The van der Waals surface area contributed by atoms with Gasteiger partial charge in [-0.2, -0.15) is 0 Å². The van der Waals surface area contributed by atoms with Crippen molar-refractivity contribution in [2.45, 2.75) is 45.8 Å². The topological polar surface area (TPSA) is 23.5 Å². The van der Waals surface area contributed by atoms with Crippen LogP contribution < -0.4 is 0 Å². The van der Waals surface area contributed by atoms with Crippen molar-refractivity contribution in [2.75, 3.05) is 13.1 Å². The highest BCUT2D eigenvalue weighted by Gasteiger charge is 2.46. The molecule has 1 aromatic rings. The van der Waals surface area contributed by atoms with Crippen molar-refractivity contribution >= 4 is 0 Å². The van der Waals surface area contributed by atoms with E-state index in [1.54, 1.807) is 0 Å². The summed E-state index contributed by atoms with van der Waals surface area (Å²) in [6.45, 7) is 8.12. The SMILES string of the molecule is C[C@@H]1[C@@H](O)CC[C@@]2(C)CN(Cc3ccccc3)CC[C@@H]12. The Morgan fingerprint density at radius 2 is 2.00 bits per heavy atom. The lowest BCUT2D eigenvalue weighted by molar-refractivity contribution is -0.0784. The normalized spacial score (nSPS) is 38.5. The van der Waals surface area contributed by atoms with Crippen molar-refractivity contribution < 1.29 is 5.11 Å². The van der Waals surface area contributed by atoms with Gasteiger partial charge in [0.1, 0.15) is 0 Å². The molecule has 20 heavy (non-hydrogen) atoms. The molecule has 2 heteroatoms. The molecule has 2 aliphatic rings. The van der Waals surface area contributed by atoms with Gasteiger partial charge in [-0.25, -0.2) is 0 Å². The Bertz CT molecular complexity index is 446. The van der Waals surface area contributed by atoms with Gasteiger partial charge in [-0.15, -0.1) is 0 Å². The highest BCUT2D eigenvalue weighted by molar-refractivity contribution is 5.14. The van der Waals surface area contributed by atoms with Crippen LogP contribution in [0.5, 0.6) is 0 Å². The van der Waals surface area contributed by atoms with Crippen molar-refractivity contribution in [2.24, 2.45) is 17.3 Å². The van der Waals surface area contributed by atoms with Crippen LogP contribution in [0.25, 0.3) is 0 Å². The third-order valence-corrected chi connectivity index (χ3v) is 5.74. The highest BCUT2D eigenvalue weighted by Crippen LogP contribution is 2.48. The number of aliphatic hydroxyl groups excluding tert-OH is 1. The predicted octanol–water partition coefficient (Wildman–Crippen LogP) is 3.31. The quantitative estimate of drug-likeness (QED) is 0.893. The highest BCUT2D eigenvalue weighted by atomic mass is 16.3. The Balaban J connectivity index is 1.68. The molecule has 0 aromatic heterocycles. The van der Waals surface area contributed by atoms with Gasteiger partial charge in [0.25, 0.3) is 0 Å². The van der Waals surface area contributed by atoms with Gasteiger partial charge in [-0.1, -0.05) is 44.2 Å². The van der Waals surface area contributed by atoms with Crippen LogP contribution in [0.4, 0.5) is 0 Å². The van der Waals surface area contributed by atoms with Gasteiger partial charge in [-0.05, 0) is 48.6 Å². The van der Waals surface area contributed by atoms with Crippen molar-refractivity contribution in [1.82, 2.24) is 4.90 Å². The van der Waals surface area contributed by atoms with E-state index in [1.165, 1.54) is 31.5 Å². The van der Waals surface area contributed by atoms with E-state index in [9.17, 15) is 5.11 Å². The molecule has 3 rings (SSSR count). The minimum Gasteiger partial charge on any atom is -0.393 e. The molecule has 1 saturated heterocycles. The third kappa shape index (κ3) is 2.64. The molecule has 1 heterocycles. The maximum Gasteiger partial charge on any atom is 0.0568 e. The van der Waals surface area contributed by atoms with E-state index in [0.29, 0.717) is 17.3 Å². The van der Waals surface area contributed by atoms with Crippen molar-refractivity contribution in [3.8, 4) is 0 Å². The lowest BCUT2D eigenvalue weighted by Gasteiger charge is -2.53. The molecule has 0 amide bonds. The summed E-state index contributed by atoms with van der Waals surface area (Å²) in [6.07, 6.45) is 3.32. The molecule has 0 radical (unpaired) electrons. The maximum absolute atomic E-state index is 10.1. The van der Waals surface area contributed by atoms with Gasteiger partial charge in [-0.3, -0.25) is 4.90 Å². The molecule has 4 atom stereocenters. The molecule has 0 unspecified atom stereocenters. The largest absolute Gasteiger partial charge is 0.393 e. The summed E-state index contributed by atoms with van der Waals surface area (Å²) in [6, 6.07) is 10.8. The predicted molar refractivity (Wildman–Crippen MR) is 82.3 cm³/mol. The second-order valence-electron chi connectivity index (χ2n) is 7.21. The van der Waals surface area contributed by atoms with Gasteiger partial charge >= 0.3 is 0 Å². The third-order valence-electron chi connectivity index (χ3n) is 5.74. The summed E-state index contributed by atoms with van der Waals surface area (Å²) < 4.78 is 0. The van der Waals surface area contributed by atoms with E-state index < -0.39 is 0 Å².